The van der Waals surface area contributed by atoms with Crippen molar-refractivity contribution >= 4 is 21.6 Å². The Balaban J connectivity index is 2.65. The van der Waals surface area contributed by atoms with E-state index in [4.69, 9.17) is 9.47 Å². The fourth-order valence-corrected chi connectivity index (χ4v) is 2.71. The highest BCUT2D eigenvalue weighted by molar-refractivity contribution is 9.10. The molecule has 0 aliphatic rings. The number of unbranched alkanes of at least 4 members (excludes halogenated alkanes) is 4. The maximum Gasteiger partial charge on any atom is 0.138 e. The van der Waals surface area contributed by atoms with Gasteiger partial charge in [-0.1, -0.05) is 32.6 Å². The van der Waals surface area contributed by atoms with Gasteiger partial charge in [0.1, 0.15) is 16.0 Å². The fraction of sp³-hybridized carbons (Fsp3) is 0.625. The van der Waals surface area contributed by atoms with Crippen LogP contribution in [-0.4, -0.2) is 27.8 Å². The summed E-state index contributed by atoms with van der Waals surface area (Å²) in [7, 11) is 5.46. The Morgan fingerprint density at radius 3 is 2.05 bits per heavy atom. The van der Waals surface area contributed by atoms with E-state index >= 15 is 0 Å². The number of benzene rings is 1. The predicted octanol–water partition coefficient (Wildman–Crippen LogP) is 4.87. The number of methoxy groups -OCH3 is 2. The van der Waals surface area contributed by atoms with Crippen molar-refractivity contribution in [2.75, 3.05) is 32.7 Å². The Hall–Kier alpha value is -0.900. The fourth-order valence-electron chi connectivity index (χ4n) is 2.16. The Kier molecular flexibility index (Phi) is 7.82. The maximum absolute atomic E-state index is 5.38. The molecule has 0 unspecified atom stereocenters. The maximum atomic E-state index is 5.38. The first-order valence-electron chi connectivity index (χ1n) is 7.26. The molecule has 0 saturated carbocycles. The van der Waals surface area contributed by atoms with E-state index < -0.39 is 0 Å². The molecular formula is C16H26BrNO2. The summed E-state index contributed by atoms with van der Waals surface area (Å²) in [5.74, 6) is 1.61. The minimum atomic E-state index is 0.803. The first-order valence-corrected chi connectivity index (χ1v) is 8.06. The third-order valence-electron chi connectivity index (χ3n) is 3.47. The smallest absolute Gasteiger partial charge is 0.138 e. The van der Waals surface area contributed by atoms with Gasteiger partial charge in [-0.3, -0.25) is 0 Å². The van der Waals surface area contributed by atoms with Gasteiger partial charge >= 0.3 is 0 Å². The standard InChI is InChI=1S/C16H26BrNO2/c1-5-6-7-8-9-10-18(2)13-11-14(19-3)16(17)15(12-13)20-4/h11-12H,5-10H2,1-4H3. The predicted molar refractivity (Wildman–Crippen MR) is 89.3 cm³/mol. The molecule has 0 heterocycles. The molecule has 4 heteroatoms. The quantitative estimate of drug-likeness (QED) is 0.597. The minimum absolute atomic E-state index is 0.803. The second-order valence-corrected chi connectivity index (χ2v) is 5.79. The zero-order chi connectivity index (χ0) is 15.0. The molecule has 1 aromatic rings. The van der Waals surface area contributed by atoms with E-state index in [9.17, 15) is 0 Å². The first-order chi connectivity index (χ1) is 9.63. The van der Waals surface area contributed by atoms with Gasteiger partial charge in [0.2, 0.25) is 0 Å². The van der Waals surface area contributed by atoms with Gasteiger partial charge in [-0.15, -0.1) is 0 Å². The molecule has 3 nitrogen and oxygen atoms in total. The molecule has 0 atom stereocenters. The van der Waals surface area contributed by atoms with Crippen molar-refractivity contribution in [3.8, 4) is 11.5 Å². The van der Waals surface area contributed by atoms with Crippen molar-refractivity contribution < 1.29 is 9.47 Å². The molecule has 20 heavy (non-hydrogen) atoms. The van der Waals surface area contributed by atoms with Crippen LogP contribution in [0.2, 0.25) is 0 Å². The van der Waals surface area contributed by atoms with Gasteiger partial charge in [-0.05, 0) is 22.4 Å². The Bertz CT molecular complexity index is 384. The van der Waals surface area contributed by atoms with Crippen molar-refractivity contribution in [1.82, 2.24) is 0 Å². The van der Waals surface area contributed by atoms with E-state index in [-0.39, 0.29) is 0 Å². The number of halogens is 1. The lowest BCUT2D eigenvalue weighted by Crippen LogP contribution is -2.18. The summed E-state index contributed by atoms with van der Waals surface area (Å²) < 4.78 is 11.6. The number of rotatable bonds is 9. The molecule has 0 aliphatic carbocycles. The SMILES string of the molecule is CCCCCCCN(C)c1cc(OC)c(Br)c(OC)c1. The molecule has 0 amide bonds. The molecule has 0 spiro atoms. The Morgan fingerprint density at radius 2 is 1.55 bits per heavy atom. The second-order valence-electron chi connectivity index (χ2n) is 5.00. The average Bonchev–Trinajstić information content (AvgIpc) is 2.47. The molecule has 0 fully saturated rings. The Morgan fingerprint density at radius 1 is 1.00 bits per heavy atom. The summed E-state index contributed by atoms with van der Waals surface area (Å²) in [6.07, 6.45) is 6.47. The molecule has 0 N–H and O–H groups in total. The van der Waals surface area contributed by atoms with Gasteiger partial charge in [0.05, 0.1) is 14.2 Å². The van der Waals surface area contributed by atoms with Crippen molar-refractivity contribution in [2.24, 2.45) is 0 Å². The highest BCUT2D eigenvalue weighted by Crippen LogP contribution is 2.38. The van der Waals surface area contributed by atoms with Crippen molar-refractivity contribution in [1.29, 1.82) is 0 Å². The lowest BCUT2D eigenvalue weighted by atomic mass is 10.1. The molecule has 0 aromatic heterocycles. The highest BCUT2D eigenvalue weighted by Gasteiger charge is 2.12. The normalized spacial score (nSPS) is 10.4. The van der Waals surface area contributed by atoms with Crippen LogP contribution in [0.15, 0.2) is 16.6 Å². The molecule has 1 rings (SSSR count). The van der Waals surface area contributed by atoms with Crippen LogP contribution in [0.5, 0.6) is 11.5 Å². The number of hydrogen-bond acceptors (Lipinski definition) is 3. The Labute approximate surface area is 131 Å². The van der Waals surface area contributed by atoms with E-state index in [0.717, 1.165) is 28.2 Å². The van der Waals surface area contributed by atoms with Crippen LogP contribution in [-0.2, 0) is 0 Å². The van der Waals surface area contributed by atoms with Crippen LogP contribution in [0.4, 0.5) is 5.69 Å². The van der Waals surface area contributed by atoms with Crippen LogP contribution < -0.4 is 14.4 Å². The number of ether oxygens (including phenoxy) is 2. The van der Waals surface area contributed by atoms with Gasteiger partial charge in [-0.2, -0.15) is 0 Å². The zero-order valence-electron chi connectivity index (χ0n) is 13.0. The van der Waals surface area contributed by atoms with E-state index in [1.54, 1.807) is 14.2 Å². The van der Waals surface area contributed by atoms with Crippen LogP contribution in [0.3, 0.4) is 0 Å². The molecular weight excluding hydrogens is 318 g/mol. The molecule has 0 saturated heterocycles. The number of nitrogens with zero attached hydrogens (tertiary/aromatic N) is 1. The summed E-state index contributed by atoms with van der Waals surface area (Å²) in [6, 6.07) is 4.08. The summed E-state index contributed by atoms with van der Waals surface area (Å²) in [5.41, 5.74) is 1.12. The van der Waals surface area contributed by atoms with Crippen molar-refractivity contribution in [3.05, 3.63) is 16.6 Å². The van der Waals surface area contributed by atoms with Gasteiger partial charge in [0.25, 0.3) is 0 Å². The molecule has 0 radical (unpaired) electrons. The summed E-state index contributed by atoms with van der Waals surface area (Å²) >= 11 is 3.50. The van der Waals surface area contributed by atoms with Gasteiger partial charge in [0, 0.05) is 31.4 Å². The van der Waals surface area contributed by atoms with Gasteiger partial charge in [-0.25, -0.2) is 0 Å². The van der Waals surface area contributed by atoms with Crippen molar-refractivity contribution in [3.63, 3.8) is 0 Å². The van der Waals surface area contributed by atoms with Gasteiger partial charge in [0.15, 0.2) is 0 Å². The van der Waals surface area contributed by atoms with E-state index in [1.165, 1.54) is 32.1 Å². The number of anilines is 1. The van der Waals surface area contributed by atoms with E-state index in [0.29, 0.717) is 0 Å². The van der Waals surface area contributed by atoms with Gasteiger partial charge < -0.3 is 14.4 Å². The average molecular weight is 344 g/mol. The third-order valence-corrected chi connectivity index (χ3v) is 4.25. The largest absolute Gasteiger partial charge is 0.495 e. The van der Waals surface area contributed by atoms with Crippen LogP contribution in [0, 0.1) is 0 Å². The highest BCUT2D eigenvalue weighted by atomic mass is 79.9. The van der Waals surface area contributed by atoms with Crippen molar-refractivity contribution in [2.45, 2.75) is 39.0 Å². The van der Waals surface area contributed by atoms with Crippen LogP contribution in [0.25, 0.3) is 0 Å². The van der Waals surface area contributed by atoms with E-state index in [2.05, 4.69) is 34.8 Å². The third kappa shape index (κ3) is 4.89. The molecule has 0 bridgehead atoms. The van der Waals surface area contributed by atoms with E-state index in [1.807, 2.05) is 12.1 Å². The molecule has 0 aliphatic heterocycles. The minimum Gasteiger partial charge on any atom is -0.495 e. The summed E-state index contributed by atoms with van der Waals surface area (Å²) in [5, 5.41) is 0. The summed E-state index contributed by atoms with van der Waals surface area (Å²) in [4.78, 5) is 2.25. The molecule has 114 valence electrons. The lowest BCUT2D eigenvalue weighted by Gasteiger charge is -2.21. The van der Waals surface area contributed by atoms with Crippen LogP contribution >= 0.6 is 15.9 Å². The monoisotopic (exact) mass is 343 g/mol. The first kappa shape index (κ1) is 17.2. The number of hydrogen-bond donors (Lipinski definition) is 0. The molecule has 1 aromatic carbocycles. The van der Waals surface area contributed by atoms with Crippen LogP contribution in [0.1, 0.15) is 39.0 Å². The zero-order valence-corrected chi connectivity index (χ0v) is 14.6. The second kappa shape index (κ2) is 9.11. The topological polar surface area (TPSA) is 21.7 Å². The summed E-state index contributed by atoms with van der Waals surface area (Å²) in [6.45, 7) is 3.30. The lowest BCUT2D eigenvalue weighted by molar-refractivity contribution is 0.389.